The van der Waals surface area contributed by atoms with E-state index < -0.39 is 11.8 Å². The molecule has 0 aliphatic carbocycles. The van der Waals surface area contributed by atoms with E-state index in [9.17, 15) is 9.59 Å². The summed E-state index contributed by atoms with van der Waals surface area (Å²) in [4.78, 5) is 25.0. The van der Waals surface area contributed by atoms with Crippen molar-refractivity contribution in [1.82, 2.24) is 20.6 Å². The Labute approximate surface area is 171 Å². The minimum atomic E-state index is -0.539. The van der Waals surface area contributed by atoms with E-state index in [1.54, 1.807) is 36.7 Å². The molecule has 146 valence electrons. The van der Waals surface area contributed by atoms with Crippen LogP contribution >= 0.6 is 11.6 Å². The van der Waals surface area contributed by atoms with E-state index in [4.69, 9.17) is 16.0 Å². The minimum absolute atomic E-state index is 0.148. The average Bonchev–Trinajstić information content (AvgIpc) is 3.27. The summed E-state index contributed by atoms with van der Waals surface area (Å²) in [5.41, 5.74) is 7.67. The van der Waals surface area contributed by atoms with Crippen molar-refractivity contribution in [2.24, 2.45) is 0 Å². The van der Waals surface area contributed by atoms with Crippen molar-refractivity contribution in [3.8, 4) is 5.69 Å². The lowest BCUT2D eigenvalue weighted by Gasteiger charge is -2.08. The number of para-hydroxylation sites is 2. The Bertz CT molecular complexity index is 1240. The lowest BCUT2D eigenvalue weighted by Crippen LogP contribution is -2.41. The number of carbonyl (C=O) groups is 2. The van der Waals surface area contributed by atoms with Gasteiger partial charge in [0.25, 0.3) is 5.91 Å². The summed E-state index contributed by atoms with van der Waals surface area (Å²) in [5.74, 6) is -0.888. The molecule has 0 spiro atoms. The van der Waals surface area contributed by atoms with Crippen LogP contribution in [-0.2, 0) is 0 Å². The summed E-state index contributed by atoms with van der Waals surface area (Å²) >= 11 is 6.21. The Balaban J connectivity index is 1.51. The normalized spacial score (nSPS) is 10.9. The van der Waals surface area contributed by atoms with Crippen LogP contribution in [0.4, 0.5) is 0 Å². The molecule has 0 atom stereocenters. The second-order valence-corrected chi connectivity index (χ2v) is 6.87. The molecule has 29 heavy (non-hydrogen) atoms. The van der Waals surface area contributed by atoms with E-state index in [-0.39, 0.29) is 5.76 Å². The molecule has 4 aromatic rings. The van der Waals surface area contributed by atoms with E-state index in [1.807, 2.05) is 30.3 Å². The van der Waals surface area contributed by atoms with Crippen LogP contribution in [0.5, 0.6) is 0 Å². The van der Waals surface area contributed by atoms with E-state index in [0.717, 1.165) is 5.39 Å². The first-order chi connectivity index (χ1) is 14.0. The number of amides is 2. The number of furan rings is 1. The largest absolute Gasteiger partial charge is 0.451 e. The Kier molecular flexibility index (Phi) is 4.82. The minimum Gasteiger partial charge on any atom is -0.451 e. The molecule has 2 amide bonds. The zero-order valence-corrected chi connectivity index (χ0v) is 16.4. The molecular weight excluding hydrogens is 392 g/mol. The number of benzene rings is 2. The van der Waals surface area contributed by atoms with Crippen LogP contribution in [0.15, 0.2) is 59.1 Å². The highest BCUT2D eigenvalue weighted by Gasteiger charge is 2.20. The maximum atomic E-state index is 12.5. The fourth-order valence-corrected chi connectivity index (χ4v) is 3.34. The molecule has 0 aliphatic rings. The van der Waals surface area contributed by atoms with E-state index in [1.165, 1.54) is 6.20 Å². The molecule has 2 heterocycles. The number of hydrogen-bond acceptors (Lipinski definition) is 4. The van der Waals surface area contributed by atoms with Gasteiger partial charge in [-0.05, 0) is 32.0 Å². The summed E-state index contributed by atoms with van der Waals surface area (Å²) in [7, 11) is 0. The van der Waals surface area contributed by atoms with Gasteiger partial charge < -0.3 is 4.42 Å². The van der Waals surface area contributed by atoms with Gasteiger partial charge in [0.05, 0.1) is 28.2 Å². The Morgan fingerprint density at radius 3 is 2.45 bits per heavy atom. The highest BCUT2D eigenvalue weighted by atomic mass is 35.5. The fourth-order valence-electron chi connectivity index (χ4n) is 3.13. The third-order valence-corrected chi connectivity index (χ3v) is 4.99. The van der Waals surface area contributed by atoms with Crippen LogP contribution in [0.1, 0.15) is 32.2 Å². The number of fused-ring (bicyclic) bond motifs is 1. The van der Waals surface area contributed by atoms with Gasteiger partial charge in [-0.25, -0.2) is 4.68 Å². The van der Waals surface area contributed by atoms with Gasteiger partial charge in [0, 0.05) is 10.9 Å². The fraction of sp³-hybridized carbons (Fsp3) is 0.0952. The number of nitrogens with one attached hydrogen (secondary N) is 2. The molecule has 0 aliphatic heterocycles. The summed E-state index contributed by atoms with van der Waals surface area (Å²) in [6, 6.07) is 14.5. The smallest absolute Gasteiger partial charge is 0.305 e. The third-order valence-electron chi connectivity index (χ3n) is 4.67. The van der Waals surface area contributed by atoms with Crippen LogP contribution in [0, 0.1) is 13.8 Å². The van der Waals surface area contributed by atoms with Gasteiger partial charge >= 0.3 is 5.91 Å². The molecule has 2 N–H and O–H groups in total. The molecule has 7 nitrogen and oxygen atoms in total. The molecule has 0 radical (unpaired) electrons. The lowest BCUT2D eigenvalue weighted by atomic mass is 10.1. The second-order valence-electron chi connectivity index (χ2n) is 6.47. The third kappa shape index (κ3) is 3.36. The van der Waals surface area contributed by atoms with Gasteiger partial charge in [-0.2, -0.15) is 5.10 Å². The van der Waals surface area contributed by atoms with Gasteiger partial charge in [0.1, 0.15) is 5.58 Å². The van der Waals surface area contributed by atoms with Gasteiger partial charge in [-0.3, -0.25) is 20.4 Å². The van der Waals surface area contributed by atoms with Crippen molar-refractivity contribution >= 4 is 34.4 Å². The number of hydrogen-bond donors (Lipinski definition) is 2. The second kappa shape index (κ2) is 7.44. The van der Waals surface area contributed by atoms with Crippen molar-refractivity contribution in [3.63, 3.8) is 0 Å². The first-order valence-corrected chi connectivity index (χ1v) is 9.23. The van der Waals surface area contributed by atoms with Crippen molar-refractivity contribution in [1.29, 1.82) is 0 Å². The zero-order valence-electron chi connectivity index (χ0n) is 15.7. The van der Waals surface area contributed by atoms with Crippen LogP contribution in [0.25, 0.3) is 16.7 Å². The molecule has 2 aromatic carbocycles. The Morgan fingerprint density at radius 2 is 1.69 bits per heavy atom. The molecule has 2 aromatic heterocycles. The predicted molar refractivity (Wildman–Crippen MR) is 109 cm³/mol. The van der Waals surface area contributed by atoms with Gasteiger partial charge in [0.2, 0.25) is 0 Å². The standard InChI is InChI=1S/C21H17ClN4O3/c1-12-14-7-3-6-10-18(14)29-19(12)21(28)25-24-20(27)15-11-23-26(13(15)2)17-9-5-4-8-16(17)22/h3-11H,1-2H3,(H,24,27)(H,25,28). The van der Waals surface area contributed by atoms with Crippen molar-refractivity contribution < 1.29 is 14.0 Å². The van der Waals surface area contributed by atoms with E-state index in [2.05, 4.69) is 16.0 Å². The molecule has 0 fully saturated rings. The first-order valence-electron chi connectivity index (χ1n) is 8.85. The summed E-state index contributed by atoms with van der Waals surface area (Å²) in [6.07, 6.45) is 1.42. The number of aromatic nitrogens is 2. The average molecular weight is 409 g/mol. The van der Waals surface area contributed by atoms with E-state index >= 15 is 0 Å². The molecule has 8 heteroatoms. The van der Waals surface area contributed by atoms with Crippen LogP contribution < -0.4 is 10.9 Å². The summed E-state index contributed by atoms with van der Waals surface area (Å²) in [6.45, 7) is 3.54. The van der Waals surface area contributed by atoms with Crippen molar-refractivity contribution in [2.75, 3.05) is 0 Å². The lowest BCUT2D eigenvalue weighted by molar-refractivity contribution is 0.0831. The number of nitrogens with zero attached hydrogens (tertiary/aromatic N) is 2. The van der Waals surface area contributed by atoms with Crippen LogP contribution in [-0.4, -0.2) is 21.6 Å². The number of hydrazine groups is 1. The predicted octanol–water partition coefficient (Wildman–Crippen LogP) is 3.96. The number of rotatable bonds is 3. The maximum absolute atomic E-state index is 12.5. The monoisotopic (exact) mass is 408 g/mol. The molecule has 4 rings (SSSR count). The summed E-state index contributed by atoms with van der Waals surface area (Å²) < 4.78 is 7.17. The van der Waals surface area contributed by atoms with Crippen LogP contribution in [0.2, 0.25) is 5.02 Å². The Morgan fingerprint density at radius 1 is 1.00 bits per heavy atom. The van der Waals surface area contributed by atoms with Gasteiger partial charge in [0.15, 0.2) is 5.76 Å². The topological polar surface area (TPSA) is 89.2 Å². The highest BCUT2D eigenvalue weighted by Crippen LogP contribution is 2.25. The molecule has 0 bridgehead atoms. The van der Waals surface area contributed by atoms with Gasteiger partial charge in [-0.15, -0.1) is 0 Å². The Hall–Kier alpha value is -3.58. The number of halogens is 1. The molecular formula is C21H17ClN4O3. The molecule has 0 saturated carbocycles. The number of aryl methyl sites for hydroxylation is 1. The van der Waals surface area contributed by atoms with Crippen molar-refractivity contribution in [2.45, 2.75) is 13.8 Å². The highest BCUT2D eigenvalue weighted by molar-refractivity contribution is 6.32. The summed E-state index contributed by atoms with van der Waals surface area (Å²) in [5, 5.41) is 5.60. The van der Waals surface area contributed by atoms with E-state index in [0.29, 0.717) is 33.1 Å². The van der Waals surface area contributed by atoms with Gasteiger partial charge in [-0.1, -0.05) is 41.9 Å². The first kappa shape index (κ1) is 18.8. The maximum Gasteiger partial charge on any atom is 0.305 e. The SMILES string of the molecule is Cc1c(C(=O)NNC(=O)c2cnn(-c3ccccc3Cl)c2C)oc2ccccc12. The number of carbonyl (C=O) groups excluding carboxylic acids is 2. The zero-order chi connectivity index (χ0) is 20.5. The quantitative estimate of drug-likeness (QED) is 0.502. The molecule has 0 unspecified atom stereocenters. The molecule has 0 saturated heterocycles. The van der Waals surface area contributed by atoms with Crippen molar-refractivity contribution in [3.05, 3.63) is 82.3 Å². The van der Waals surface area contributed by atoms with Crippen LogP contribution in [0.3, 0.4) is 0 Å².